The first-order valence-electron chi connectivity index (χ1n) is 10.0. The van der Waals surface area contributed by atoms with Gasteiger partial charge < -0.3 is 19.6 Å². The van der Waals surface area contributed by atoms with Gasteiger partial charge in [0, 0.05) is 70.9 Å². The van der Waals surface area contributed by atoms with Gasteiger partial charge in [-0.2, -0.15) is 0 Å². The molecule has 2 aliphatic rings. The van der Waals surface area contributed by atoms with Gasteiger partial charge in [0.1, 0.15) is 11.6 Å². The van der Waals surface area contributed by atoms with Crippen molar-refractivity contribution in [1.29, 1.82) is 0 Å². The lowest BCUT2D eigenvalue weighted by Gasteiger charge is -2.36. The van der Waals surface area contributed by atoms with Gasteiger partial charge in [0.25, 0.3) is 0 Å². The molecule has 2 aliphatic heterocycles. The Kier molecular flexibility index (Phi) is 5.59. The summed E-state index contributed by atoms with van der Waals surface area (Å²) < 4.78 is 0. The summed E-state index contributed by atoms with van der Waals surface area (Å²) in [6.07, 6.45) is 0.909. The first kappa shape index (κ1) is 19.2. The first-order valence-corrected chi connectivity index (χ1v) is 10.0. The van der Waals surface area contributed by atoms with Crippen LogP contribution in [0.25, 0.3) is 11.4 Å². The SMILES string of the molecule is CC(=O)N1CCN(c2cc(N3CCN(C=O)CC3)nc(-c3ccccc3)n2)CC1. The number of carbonyl (C=O) groups excluding carboxylic acids is 2. The molecule has 2 aromatic rings. The van der Waals surface area contributed by atoms with E-state index in [1.807, 2.05) is 41.3 Å². The average molecular weight is 394 g/mol. The number of benzene rings is 1. The average Bonchev–Trinajstić information content (AvgIpc) is 2.79. The maximum absolute atomic E-state index is 11.6. The van der Waals surface area contributed by atoms with Gasteiger partial charge in [0.2, 0.25) is 12.3 Å². The van der Waals surface area contributed by atoms with E-state index < -0.39 is 0 Å². The zero-order chi connectivity index (χ0) is 20.2. The molecule has 4 rings (SSSR count). The molecule has 0 aliphatic carbocycles. The van der Waals surface area contributed by atoms with Crippen LogP contribution >= 0.6 is 0 Å². The van der Waals surface area contributed by atoms with E-state index in [4.69, 9.17) is 9.97 Å². The summed E-state index contributed by atoms with van der Waals surface area (Å²) >= 11 is 0. The van der Waals surface area contributed by atoms with E-state index in [-0.39, 0.29) is 5.91 Å². The fourth-order valence-corrected chi connectivity index (χ4v) is 3.77. The summed E-state index contributed by atoms with van der Waals surface area (Å²) in [7, 11) is 0. The fourth-order valence-electron chi connectivity index (χ4n) is 3.77. The molecule has 2 amide bonds. The van der Waals surface area contributed by atoms with Crippen molar-refractivity contribution in [1.82, 2.24) is 19.8 Å². The predicted octanol–water partition coefficient (Wildman–Crippen LogP) is 1.09. The van der Waals surface area contributed by atoms with Gasteiger partial charge in [-0.05, 0) is 0 Å². The lowest BCUT2D eigenvalue weighted by Crippen LogP contribution is -2.48. The van der Waals surface area contributed by atoms with Gasteiger partial charge in [-0.25, -0.2) is 9.97 Å². The second-order valence-electron chi connectivity index (χ2n) is 7.40. The summed E-state index contributed by atoms with van der Waals surface area (Å²) in [5.41, 5.74) is 0.976. The van der Waals surface area contributed by atoms with Crippen LogP contribution in [-0.4, -0.2) is 84.4 Å². The molecule has 1 aromatic carbocycles. The molecule has 0 bridgehead atoms. The number of piperazine rings is 2. The van der Waals surface area contributed by atoms with Crippen LogP contribution < -0.4 is 9.80 Å². The topological polar surface area (TPSA) is 72.9 Å². The molecule has 0 atom stereocenters. The van der Waals surface area contributed by atoms with E-state index in [0.717, 1.165) is 49.8 Å². The summed E-state index contributed by atoms with van der Waals surface area (Å²) in [5, 5.41) is 0. The van der Waals surface area contributed by atoms with E-state index in [0.29, 0.717) is 32.0 Å². The van der Waals surface area contributed by atoms with Gasteiger partial charge in [0.05, 0.1) is 0 Å². The molecule has 0 spiro atoms. The Hall–Kier alpha value is -3.16. The highest BCUT2D eigenvalue weighted by Crippen LogP contribution is 2.26. The van der Waals surface area contributed by atoms with Crippen LogP contribution in [0.5, 0.6) is 0 Å². The van der Waals surface area contributed by atoms with Crippen molar-refractivity contribution in [3.8, 4) is 11.4 Å². The van der Waals surface area contributed by atoms with Crippen molar-refractivity contribution in [3.05, 3.63) is 36.4 Å². The third kappa shape index (κ3) is 4.31. The normalized spacial score (nSPS) is 17.4. The number of carbonyl (C=O) groups is 2. The molecule has 0 saturated carbocycles. The summed E-state index contributed by atoms with van der Waals surface area (Å²) in [6, 6.07) is 12.0. The van der Waals surface area contributed by atoms with E-state index in [1.165, 1.54) is 0 Å². The first-order chi connectivity index (χ1) is 14.1. The molecular formula is C21H26N6O2. The largest absolute Gasteiger partial charge is 0.353 e. The van der Waals surface area contributed by atoms with Crippen LogP contribution in [0.4, 0.5) is 11.6 Å². The van der Waals surface area contributed by atoms with Crippen molar-refractivity contribution >= 4 is 24.0 Å². The van der Waals surface area contributed by atoms with Crippen LogP contribution in [0.15, 0.2) is 36.4 Å². The minimum Gasteiger partial charge on any atom is -0.353 e. The lowest BCUT2D eigenvalue weighted by molar-refractivity contribution is -0.129. The minimum atomic E-state index is 0.117. The third-order valence-corrected chi connectivity index (χ3v) is 5.57. The fraction of sp³-hybridized carbons (Fsp3) is 0.429. The number of hydrogen-bond acceptors (Lipinski definition) is 6. The molecular weight excluding hydrogens is 368 g/mol. The summed E-state index contributed by atoms with van der Waals surface area (Å²) in [6.45, 7) is 7.42. The molecule has 152 valence electrons. The van der Waals surface area contributed by atoms with Crippen molar-refractivity contribution < 1.29 is 9.59 Å². The molecule has 3 heterocycles. The van der Waals surface area contributed by atoms with Crippen LogP contribution in [0.2, 0.25) is 0 Å². The molecule has 0 radical (unpaired) electrons. The second kappa shape index (κ2) is 8.46. The second-order valence-corrected chi connectivity index (χ2v) is 7.40. The standard InChI is InChI=1S/C21H26N6O2/c1-17(29)25-11-13-27(14-12-25)20-15-19(26-9-7-24(16-28)8-10-26)22-21(23-20)18-5-3-2-4-6-18/h2-6,15-16H,7-14H2,1H3. The predicted molar refractivity (Wildman–Crippen MR) is 112 cm³/mol. The van der Waals surface area contributed by atoms with E-state index in [1.54, 1.807) is 11.8 Å². The quantitative estimate of drug-likeness (QED) is 0.723. The van der Waals surface area contributed by atoms with E-state index in [9.17, 15) is 9.59 Å². The molecule has 29 heavy (non-hydrogen) atoms. The summed E-state index contributed by atoms with van der Waals surface area (Å²) in [4.78, 5) is 40.4. The highest BCUT2D eigenvalue weighted by Gasteiger charge is 2.23. The highest BCUT2D eigenvalue weighted by atomic mass is 16.2. The monoisotopic (exact) mass is 394 g/mol. The number of hydrogen-bond donors (Lipinski definition) is 0. The Morgan fingerprint density at radius 2 is 1.41 bits per heavy atom. The Bertz CT molecular complexity index is 859. The van der Waals surface area contributed by atoms with E-state index >= 15 is 0 Å². The molecule has 8 nitrogen and oxygen atoms in total. The molecule has 0 unspecified atom stereocenters. The van der Waals surface area contributed by atoms with Gasteiger partial charge in [-0.1, -0.05) is 30.3 Å². The number of rotatable bonds is 4. The molecule has 2 saturated heterocycles. The number of amides is 2. The van der Waals surface area contributed by atoms with Crippen LogP contribution in [0, 0.1) is 0 Å². The van der Waals surface area contributed by atoms with Gasteiger partial charge in [-0.15, -0.1) is 0 Å². The molecule has 2 fully saturated rings. The number of aromatic nitrogens is 2. The Morgan fingerprint density at radius 3 is 1.93 bits per heavy atom. The van der Waals surface area contributed by atoms with Crippen LogP contribution in [0.3, 0.4) is 0 Å². The van der Waals surface area contributed by atoms with Gasteiger partial charge in [0.15, 0.2) is 5.82 Å². The molecule has 8 heteroatoms. The van der Waals surface area contributed by atoms with Crippen LogP contribution in [0.1, 0.15) is 6.92 Å². The van der Waals surface area contributed by atoms with Crippen molar-refractivity contribution in [2.24, 2.45) is 0 Å². The minimum absolute atomic E-state index is 0.117. The van der Waals surface area contributed by atoms with Crippen molar-refractivity contribution in [3.63, 3.8) is 0 Å². The smallest absolute Gasteiger partial charge is 0.219 e. The van der Waals surface area contributed by atoms with Crippen molar-refractivity contribution in [2.45, 2.75) is 6.92 Å². The zero-order valence-corrected chi connectivity index (χ0v) is 16.7. The Labute approximate surface area is 170 Å². The maximum Gasteiger partial charge on any atom is 0.219 e. The summed E-state index contributed by atoms with van der Waals surface area (Å²) in [5.74, 6) is 2.58. The van der Waals surface area contributed by atoms with Crippen molar-refractivity contribution in [2.75, 3.05) is 62.2 Å². The highest BCUT2D eigenvalue weighted by molar-refractivity contribution is 5.73. The third-order valence-electron chi connectivity index (χ3n) is 5.57. The maximum atomic E-state index is 11.6. The Morgan fingerprint density at radius 1 is 0.862 bits per heavy atom. The van der Waals surface area contributed by atoms with E-state index in [2.05, 4.69) is 9.80 Å². The van der Waals surface area contributed by atoms with Gasteiger partial charge in [-0.3, -0.25) is 9.59 Å². The van der Waals surface area contributed by atoms with Gasteiger partial charge >= 0.3 is 0 Å². The number of nitrogens with zero attached hydrogens (tertiary/aromatic N) is 6. The Balaban J connectivity index is 1.62. The molecule has 1 aromatic heterocycles. The number of anilines is 2. The van der Waals surface area contributed by atoms with Crippen LogP contribution in [-0.2, 0) is 9.59 Å². The zero-order valence-electron chi connectivity index (χ0n) is 16.7. The molecule has 0 N–H and O–H groups in total. The lowest BCUT2D eigenvalue weighted by atomic mass is 10.2.